The highest BCUT2D eigenvalue weighted by atomic mass is 15.3. The lowest BCUT2D eigenvalue weighted by Crippen LogP contribution is -2.17. The number of imidazole rings is 1. The Morgan fingerprint density at radius 3 is 3.05 bits per heavy atom. The van der Waals surface area contributed by atoms with Crippen LogP contribution in [0.4, 0.5) is 0 Å². The number of hydrogen-bond donors (Lipinski definition) is 2. The van der Waals surface area contributed by atoms with E-state index in [0.717, 1.165) is 47.4 Å². The van der Waals surface area contributed by atoms with Crippen LogP contribution in [-0.4, -0.2) is 19.7 Å². The Morgan fingerprint density at radius 2 is 2.20 bits per heavy atom. The number of nitrogens with zero attached hydrogens (tertiary/aromatic N) is 3. The molecule has 0 aliphatic heterocycles. The van der Waals surface area contributed by atoms with Crippen molar-refractivity contribution in [3.63, 3.8) is 0 Å². The first-order valence-corrected chi connectivity index (χ1v) is 7.00. The molecule has 2 heterocycles. The van der Waals surface area contributed by atoms with E-state index < -0.39 is 0 Å². The number of H-pyrrole nitrogens is 1. The van der Waals surface area contributed by atoms with Crippen molar-refractivity contribution in [3.8, 4) is 11.5 Å². The van der Waals surface area contributed by atoms with E-state index in [1.54, 1.807) is 0 Å². The second-order valence-corrected chi connectivity index (χ2v) is 5.44. The van der Waals surface area contributed by atoms with Crippen molar-refractivity contribution in [1.82, 2.24) is 19.7 Å². The van der Waals surface area contributed by atoms with Crippen LogP contribution in [0.5, 0.6) is 0 Å². The number of para-hydroxylation sites is 1. The fraction of sp³-hybridized carbons (Fsp3) is 0.333. The molecule has 4 rings (SSSR count). The van der Waals surface area contributed by atoms with E-state index in [2.05, 4.69) is 22.2 Å². The number of nitrogens with two attached hydrogens (primary N) is 1. The van der Waals surface area contributed by atoms with E-state index in [4.69, 9.17) is 10.7 Å². The first-order chi connectivity index (χ1) is 9.74. The monoisotopic (exact) mass is 267 g/mol. The molecule has 1 aliphatic rings. The molecule has 0 saturated carbocycles. The molecule has 5 heteroatoms. The molecule has 0 saturated heterocycles. The lowest BCUT2D eigenvalue weighted by molar-refractivity contribution is 0.555. The number of nitrogens with one attached hydrogen (secondary N) is 1. The zero-order valence-corrected chi connectivity index (χ0v) is 11.4. The lowest BCUT2D eigenvalue weighted by Gasteiger charge is -2.15. The van der Waals surface area contributed by atoms with Crippen LogP contribution >= 0.6 is 0 Å². The molecule has 102 valence electrons. The topological polar surface area (TPSA) is 72.5 Å². The highest BCUT2D eigenvalue weighted by Crippen LogP contribution is 2.31. The molecule has 1 aromatic carbocycles. The van der Waals surface area contributed by atoms with Crippen LogP contribution in [0.25, 0.3) is 22.4 Å². The van der Waals surface area contributed by atoms with Crippen LogP contribution in [0.3, 0.4) is 0 Å². The summed E-state index contributed by atoms with van der Waals surface area (Å²) in [5, 5.41) is 5.73. The Hall–Kier alpha value is -2.14. The maximum Gasteiger partial charge on any atom is 0.159 e. The average molecular weight is 267 g/mol. The van der Waals surface area contributed by atoms with Gasteiger partial charge in [-0.3, -0.25) is 4.68 Å². The summed E-state index contributed by atoms with van der Waals surface area (Å²) in [6, 6.07) is 8.26. The molecule has 1 atom stereocenters. The molecule has 5 nitrogen and oxygen atoms in total. The predicted molar refractivity (Wildman–Crippen MR) is 78.2 cm³/mol. The third kappa shape index (κ3) is 1.59. The molecule has 0 amide bonds. The number of aryl methyl sites for hydroxylation is 2. The van der Waals surface area contributed by atoms with Crippen LogP contribution in [0.1, 0.15) is 30.3 Å². The Balaban J connectivity index is 1.92. The van der Waals surface area contributed by atoms with Crippen LogP contribution in [0.15, 0.2) is 24.3 Å². The maximum atomic E-state index is 6.15. The average Bonchev–Trinajstić information content (AvgIpc) is 3.02. The molecule has 3 aromatic rings. The molecule has 1 unspecified atom stereocenters. The van der Waals surface area contributed by atoms with Gasteiger partial charge < -0.3 is 10.7 Å². The lowest BCUT2D eigenvalue weighted by atomic mass is 9.97. The van der Waals surface area contributed by atoms with Crippen molar-refractivity contribution in [1.29, 1.82) is 0 Å². The highest BCUT2D eigenvalue weighted by Gasteiger charge is 2.23. The third-order valence-corrected chi connectivity index (χ3v) is 4.09. The minimum Gasteiger partial charge on any atom is -0.340 e. The van der Waals surface area contributed by atoms with E-state index in [1.807, 2.05) is 23.9 Å². The van der Waals surface area contributed by atoms with Crippen LogP contribution in [-0.2, 0) is 13.5 Å². The molecule has 0 fully saturated rings. The zero-order valence-electron chi connectivity index (χ0n) is 11.4. The largest absolute Gasteiger partial charge is 0.340 e. The molecule has 20 heavy (non-hydrogen) atoms. The van der Waals surface area contributed by atoms with Gasteiger partial charge in [-0.15, -0.1) is 0 Å². The van der Waals surface area contributed by atoms with Gasteiger partial charge in [-0.05, 0) is 25.3 Å². The van der Waals surface area contributed by atoms with Gasteiger partial charge in [-0.25, -0.2) is 4.98 Å². The van der Waals surface area contributed by atoms with Crippen molar-refractivity contribution >= 4 is 10.9 Å². The Morgan fingerprint density at radius 1 is 1.35 bits per heavy atom. The first-order valence-electron chi connectivity index (χ1n) is 7.00. The zero-order chi connectivity index (χ0) is 13.7. The number of benzene rings is 1. The second kappa shape index (κ2) is 4.18. The van der Waals surface area contributed by atoms with Crippen molar-refractivity contribution < 1.29 is 0 Å². The number of rotatable bonds is 1. The smallest absolute Gasteiger partial charge is 0.159 e. The quantitative estimate of drug-likeness (QED) is 0.710. The number of fused-ring (bicyclic) bond motifs is 2. The van der Waals surface area contributed by atoms with E-state index >= 15 is 0 Å². The summed E-state index contributed by atoms with van der Waals surface area (Å²) in [5.74, 6) is 0.837. The standard InChI is InChI=1S/C15H17N5/c1-20-12-8-3-2-5-9(12)13(19-20)15-17-11-7-4-6-10(16)14(11)18-15/h2-3,5,8,10H,4,6-7,16H2,1H3,(H,17,18). The van der Waals surface area contributed by atoms with E-state index in [-0.39, 0.29) is 6.04 Å². The van der Waals surface area contributed by atoms with E-state index in [0.29, 0.717) is 0 Å². The minimum absolute atomic E-state index is 0.0544. The molecule has 1 aliphatic carbocycles. The molecule has 0 bridgehead atoms. The summed E-state index contributed by atoms with van der Waals surface area (Å²) in [5.41, 5.74) is 10.4. The van der Waals surface area contributed by atoms with Gasteiger partial charge in [0.2, 0.25) is 0 Å². The number of hydrogen-bond acceptors (Lipinski definition) is 3. The molecule has 3 N–H and O–H groups in total. The number of aromatic amines is 1. The fourth-order valence-electron chi connectivity index (χ4n) is 3.06. The van der Waals surface area contributed by atoms with E-state index in [1.165, 1.54) is 5.69 Å². The number of aromatic nitrogens is 4. The molecular weight excluding hydrogens is 250 g/mol. The van der Waals surface area contributed by atoms with Crippen molar-refractivity contribution in [2.45, 2.75) is 25.3 Å². The van der Waals surface area contributed by atoms with Crippen LogP contribution in [0.2, 0.25) is 0 Å². The van der Waals surface area contributed by atoms with Gasteiger partial charge in [0.25, 0.3) is 0 Å². The summed E-state index contributed by atoms with van der Waals surface area (Å²) in [6.07, 6.45) is 3.17. The molecule has 2 aromatic heterocycles. The Labute approximate surface area is 116 Å². The fourth-order valence-corrected chi connectivity index (χ4v) is 3.06. The Kier molecular flexibility index (Phi) is 2.44. The van der Waals surface area contributed by atoms with Gasteiger partial charge in [0.15, 0.2) is 5.82 Å². The van der Waals surface area contributed by atoms with Crippen LogP contribution in [0, 0.1) is 0 Å². The SMILES string of the molecule is Cn1nc(-c2nc3c([nH]2)CCCC3N)c2ccccc21. The van der Waals surface area contributed by atoms with Crippen molar-refractivity contribution in [3.05, 3.63) is 35.7 Å². The summed E-state index contributed by atoms with van der Waals surface area (Å²) in [7, 11) is 1.96. The van der Waals surface area contributed by atoms with Crippen molar-refractivity contribution in [2.24, 2.45) is 12.8 Å². The third-order valence-electron chi connectivity index (χ3n) is 4.09. The minimum atomic E-state index is 0.0544. The maximum absolute atomic E-state index is 6.15. The Bertz CT molecular complexity index is 783. The summed E-state index contributed by atoms with van der Waals surface area (Å²) >= 11 is 0. The van der Waals surface area contributed by atoms with Gasteiger partial charge in [-0.2, -0.15) is 5.10 Å². The van der Waals surface area contributed by atoms with Gasteiger partial charge in [-0.1, -0.05) is 18.2 Å². The van der Waals surface area contributed by atoms with Gasteiger partial charge in [0.1, 0.15) is 5.69 Å². The highest BCUT2D eigenvalue weighted by molar-refractivity contribution is 5.91. The van der Waals surface area contributed by atoms with Crippen LogP contribution < -0.4 is 5.73 Å². The first kappa shape index (κ1) is 11.7. The molecule has 0 spiro atoms. The summed E-state index contributed by atoms with van der Waals surface area (Å²) in [4.78, 5) is 8.13. The molecule has 0 radical (unpaired) electrons. The molecular formula is C15H17N5. The summed E-state index contributed by atoms with van der Waals surface area (Å²) < 4.78 is 1.89. The van der Waals surface area contributed by atoms with Gasteiger partial charge >= 0.3 is 0 Å². The van der Waals surface area contributed by atoms with Crippen molar-refractivity contribution in [2.75, 3.05) is 0 Å². The second-order valence-electron chi connectivity index (χ2n) is 5.44. The van der Waals surface area contributed by atoms with E-state index in [9.17, 15) is 0 Å². The predicted octanol–water partition coefficient (Wildman–Crippen LogP) is 2.30. The van der Waals surface area contributed by atoms with Gasteiger partial charge in [0.05, 0.1) is 11.2 Å². The van der Waals surface area contributed by atoms with Gasteiger partial charge in [0, 0.05) is 24.2 Å². The normalized spacial score (nSPS) is 18.4. The summed E-state index contributed by atoms with van der Waals surface area (Å²) in [6.45, 7) is 0.